The smallest absolute Gasteiger partial charge is 0.387 e. The van der Waals surface area contributed by atoms with Gasteiger partial charge < -0.3 is 14.8 Å². The van der Waals surface area contributed by atoms with E-state index in [9.17, 15) is 13.6 Å². The molecule has 134 valence electrons. The Labute approximate surface area is 143 Å². The topological polar surface area (TPSA) is 65.4 Å². The monoisotopic (exact) mass is 351 g/mol. The van der Waals surface area contributed by atoms with Gasteiger partial charge in [0, 0.05) is 31.6 Å². The summed E-state index contributed by atoms with van der Waals surface area (Å²) in [4.78, 5) is 12.6. The van der Waals surface area contributed by atoms with Crippen LogP contribution in [0.2, 0.25) is 0 Å². The number of ether oxygens (including phenoxy) is 2. The summed E-state index contributed by atoms with van der Waals surface area (Å²) in [6.45, 7) is -0.782. The van der Waals surface area contributed by atoms with Crippen LogP contribution < -0.4 is 10.1 Å². The molecule has 0 bridgehead atoms. The number of nitrogens with one attached hydrogen (secondary N) is 1. The molecule has 1 saturated heterocycles. The van der Waals surface area contributed by atoms with Crippen molar-refractivity contribution in [2.45, 2.75) is 26.1 Å². The van der Waals surface area contributed by atoms with E-state index in [4.69, 9.17) is 4.74 Å². The second-order valence-corrected chi connectivity index (χ2v) is 5.91. The lowest BCUT2D eigenvalue weighted by Gasteiger charge is -2.19. The highest BCUT2D eigenvalue weighted by molar-refractivity contribution is 5.93. The van der Waals surface area contributed by atoms with Crippen molar-refractivity contribution < 1.29 is 23.0 Å². The van der Waals surface area contributed by atoms with Crippen molar-refractivity contribution in [3.05, 3.63) is 41.7 Å². The highest BCUT2D eigenvalue weighted by Crippen LogP contribution is 2.35. The van der Waals surface area contributed by atoms with E-state index in [-0.39, 0.29) is 23.7 Å². The molecule has 8 heteroatoms. The van der Waals surface area contributed by atoms with Crippen LogP contribution >= 0.6 is 0 Å². The minimum absolute atomic E-state index is 0.0404. The number of anilines is 1. The molecule has 25 heavy (non-hydrogen) atoms. The maximum Gasteiger partial charge on any atom is 0.387 e. The van der Waals surface area contributed by atoms with Crippen molar-refractivity contribution in [3.8, 4) is 5.75 Å². The molecule has 2 aromatic rings. The predicted octanol–water partition coefficient (Wildman–Crippen LogP) is 3.05. The molecule has 2 heterocycles. The van der Waals surface area contributed by atoms with Crippen LogP contribution in [-0.2, 0) is 16.6 Å². The Kier molecular flexibility index (Phi) is 4.98. The van der Waals surface area contributed by atoms with E-state index >= 15 is 0 Å². The number of rotatable bonds is 5. The van der Waals surface area contributed by atoms with Crippen LogP contribution in [0.3, 0.4) is 0 Å². The molecule has 3 rings (SSSR count). The molecule has 1 amide bonds. The molecule has 1 aliphatic heterocycles. The van der Waals surface area contributed by atoms with Gasteiger partial charge in [0.15, 0.2) is 0 Å². The Morgan fingerprint density at radius 3 is 2.92 bits per heavy atom. The van der Waals surface area contributed by atoms with Gasteiger partial charge >= 0.3 is 6.61 Å². The van der Waals surface area contributed by atoms with Crippen LogP contribution in [0.25, 0.3) is 0 Å². The van der Waals surface area contributed by atoms with Crippen molar-refractivity contribution in [1.82, 2.24) is 9.78 Å². The lowest BCUT2D eigenvalue weighted by molar-refractivity contribution is -0.121. The summed E-state index contributed by atoms with van der Waals surface area (Å²) in [6, 6.07) is 6.49. The largest absolute Gasteiger partial charge is 0.434 e. The van der Waals surface area contributed by atoms with Crippen LogP contribution in [0.4, 0.5) is 14.5 Å². The molecule has 1 aromatic carbocycles. The third-order valence-electron chi connectivity index (χ3n) is 4.25. The number of aromatic nitrogens is 2. The molecular weight excluding hydrogens is 332 g/mol. The number of benzene rings is 1. The first kappa shape index (κ1) is 17.3. The molecular formula is C17H19F2N3O3. The van der Waals surface area contributed by atoms with E-state index in [0.717, 1.165) is 5.69 Å². The second-order valence-electron chi connectivity index (χ2n) is 5.91. The average Bonchev–Trinajstić information content (AvgIpc) is 3.18. The van der Waals surface area contributed by atoms with E-state index in [1.54, 1.807) is 37.0 Å². The van der Waals surface area contributed by atoms with E-state index in [0.29, 0.717) is 24.3 Å². The number of amides is 1. The van der Waals surface area contributed by atoms with Gasteiger partial charge in [0.25, 0.3) is 0 Å². The normalized spacial score (nSPS) is 20.0. The Morgan fingerprint density at radius 1 is 1.44 bits per heavy atom. The van der Waals surface area contributed by atoms with Gasteiger partial charge in [0.2, 0.25) is 5.91 Å². The molecule has 6 nitrogen and oxygen atoms in total. The first-order valence-electron chi connectivity index (χ1n) is 7.91. The number of aryl methyl sites for hydroxylation is 2. The van der Waals surface area contributed by atoms with Crippen LogP contribution in [-0.4, -0.2) is 28.9 Å². The van der Waals surface area contributed by atoms with Crippen LogP contribution in [0.1, 0.15) is 23.8 Å². The fourth-order valence-corrected chi connectivity index (χ4v) is 2.95. The summed E-state index contributed by atoms with van der Waals surface area (Å²) in [5.74, 6) is -0.564. The van der Waals surface area contributed by atoms with E-state index in [1.165, 1.54) is 6.07 Å². The number of alkyl halides is 2. The van der Waals surface area contributed by atoms with Gasteiger partial charge in [0.1, 0.15) is 11.9 Å². The maximum atomic E-state index is 12.6. The van der Waals surface area contributed by atoms with Crippen molar-refractivity contribution in [2.24, 2.45) is 13.0 Å². The lowest BCUT2D eigenvalue weighted by atomic mass is 9.98. The van der Waals surface area contributed by atoms with Gasteiger partial charge in [-0.05, 0) is 31.0 Å². The van der Waals surface area contributed by atoms with Crippen LogP contribution in [0.15, 0.2) is 30.5 Å². The molecule has 0 aliphatic carbocycles. The van der Waals surface area contributed by atoms with E-state index < -0.39 is 6.61 Å². The standard InChI is InChI=1S/C17H19F2N3O3/c1-10-3-4-11(9-14(10)25-17(18)19)21-16(23)12-6-8-24-15(12)13-5-7-20-22(13)2/h3-5,7,9,12,15,17H,6,8H2,1-2H3,(H,21,23)/t12-,15-/m1/s1. The first-order valence-corrected chi connectivity index (χ1v) is 7.91. The molecule has 1 aromatic heterocycles. The fourth-order valence-electron chi connectivity index (χ4n) is 2.95. The van der Waals surface area contributed by atoms with Crippen LogP contribution in [0, 0.1) is 12.8 Å². The van der Waals surface area contributed by atoms with Crippen molar-refractivity contribution in [1.29, 1.82) is 0 Å². The van der Waals surface area contributed by atoms with Gasteiger partial charge in [-0.1, -0.05) is 6.07 Å². The Morgan fingerprint density at radius 2 is 2.24 bits per heavy atom. The molecule has 2 atom stereocenters. The lowest BCUT2D eigenvalue weighted by Crippen LogP contribution is -2.26. The summed E-state index contributed by atoms with van der Waals surface area (Å²) >= 11 is 0. The minimum Gasteiger partial charge on any atom is -0.434 e. The number of carbonyl (C=O) groups is 1. The van der Waals surface area contributed by atoms with Crippen molar-refractivity contribution in [3.63, 3.8) is 0 Å². The highest BCUT2D eigenvalue weighted by Gasteiger charge is 2.36. The van der Waals surface area contributed by atoms with E-state index in [1.807, 2.05) is 6.07 Å². The molecule has 1 aliphatic rings. The fraction of sp³-hybridized carbons (Fsp3) is 0.412. The van der Waals surface area contributed by atoms with Gasteiger partial charge in [-0.2, -0.15) is 13.9 Å². The third-order valence-corrected chi connectivity index (χ3v) is 4.25. The predicted molar refractivity (Wildman–Crippen MR) is 86.4 cm³/mol. The van der Waals surface area contributed by atoms with Gasteiger partial charge in [0.05, 0.1) is 11.6 Å². The zero-order valence-corrected chi connectivity index (χ0v) is 13.9. The van der Waals surface area contributed by atoms with E-state index in [2.05, 4.69) is 15.2 Å². The third kappa shape index (κ3) is 3.79. The Balaban J connectivity index is 1.74. The van der Waals surface area contributed by atoms with Crippen molar-refractivity contribution >= 4 is 11.6 Å². The first-order chi connectivity index (χ1) is 12.0. The van der Waals surface area contributed by atoms with Gasteiger partial charge in [-0.3, -0.25) is 9.48 Å². The second kappa shape index (κ2) is 7.18. The molecule has 0 unspecified atom stereocenters. The summed E-state index contributed by atoms with van der Waals surface area (Å²) in [6.07, 6.45) is 1.85. The molecule has 1 fully saturated rings. The van der Waals surface area contributed by atoms with Crippen molar-refractivity contribution in [2.75, 3.05) is 11.9 Å². The number of carbonyl (C=O) groups excluding carboxylic acids is 1. The summed E-state index contributed by atoms with van der Waals surface area (Å²) in [7, 11) is 1.79. The van der Waals surface area contributed by atoms with Crippen LogP contribution in [0.5, 0.6) is 5.75 Å². The van der Waals surface area contributed by atoms with Gasteiger partial charge in [-0.15, -0.1) is 0 Å². The molecule has 0 spiro atoms. The zero-order valence-electron chi connectivity index (χ0n) is 13.9. The maximum absolute atomic E-state index is 12.6. The van der Waals surface area contributed by atoms with Gasteiger partial charge in [-0.25, -0.2) is 0 Å². The number of hydrogen-bond donors (Lipinski definition) is 1. The highest BCUT2D eigenvalue weighted by atomic mass is 19.3. The summed E-state index contributed by atoms with van der Waals surface area (Å²) < 4.78 is 36.7. The summed E-state index contributed by atoms with van der Waals surface area (Å²) in [5.41, 5.74) is 1.79. The Bertz CT molecular complexity index is 763. The average molecular weight is 351 g/mol. The number of hydrogen-bond acceptors (Lipinski definition) is 4. The molecule has 1 N–H and O–H groups in total. The minimum atomic E-state index is -2.91. The number of halogens is 2. The molecule has 0 saturated carbocycles. The number of nitrogens with zero attached hydrogens (tertiary/aromatic N) is 2. The molecule has 0 radical (unpaired) electrons. The Hall–Kier alpha value is -2.48. The zero-order chi connectivity index (χ0) is 18.0. The quantitative estimate of drug-likeness (QED) is 0.899. The summed E-state index contributed by atoms with van der Waals surface area (Å²) in [5, 5.41) is 6.87. The SMILES string of the molecule is Cc1ccc(NC(=O)[C@@H]2CCO[C@H]2c2ccnn2C)cc1OC(F)F.